The minimum absolute atomic E-state index is 0.283. The van der Waals surface area contributed by atoms with Crippen molar-refractivity contribution < 1.29 is 17.6 Å². The molecule has 0 amide bonds. The first kappa shape index (κ1) is 17.9. The van der Waals surface area contributed by atoms with Crippen molar-refractivity contribution in [2.45, 2.75) is 38.0 Å². The summed E-state index contributed by atoms with van der Waals surface area (Å²) in [5, 5.41) is 3.09. The van der Waals surface area contributed by atoms with Gasteiger partial charge in [0.1, 0.15) is 5.82 Å². The monoisotopic (exact) mass is 306 g/mol. The van der Waals surface area contributed by atoms with Crippen molar-refractivity contribution in [2.75, 3.05) is 21.1 Å². The van der Waals surface area contributed by atoms with Crippen molar-refractivity contribution in [2.24, 2.45) is 0 Å². The van der Waals surface area contributed by atoms with Crippen LogP contribution in [0.3, 0.4) is 0 Å². The van der Waals surface area contributed by atoms with E-state index in [0.29, 0.717) is 5.56 Å². The van der Waals surface area contributed by atoms with Crippen molar-refractivity contribution in [3.05, 3.63) is 35.1 Å². The molecule has 0 radical (unpaired) electrons. The molecule has 0 aliphatic heterocycles. The van der Waals surface area contributed by atoms with Crippen LogP contribution in [0.5, 0.6) is 0 Å². The Hall–Kier alpha value is -1.14. The fourth-order valence-electron chi connectivity index (χ4n) is 2.56. The zero-order valence-electron chi connectivity index (χ0n) is 13.0. The molecule has 0 heterocycles. The van der Waals surface area contributed by atoms with E-state index in [4.69, 9.17) is 0 Å². The van der Waals surface area contributed by atoms with E-state index in [1.165, 1.54) is 6.07 Å². The van der Waals surface area contributed by atoms with Gasteiger partial charge in [-0.05, 0) is 52.2 Å². The van der Waals surface area contributed by atoms with Crippen molar-refractivity contribution in [1.82, 2.24) is 10.2 Å². The lowest BCUT2D eigenvalue weighted by Gasteiger charge is -2.43. The first-order chi connectivity index (χ1) is 9.57. The first-order valence-corrected chi connectivity index (χ1v) is 6.79. The third-order valence-corrected chi connectivity index (χ3v) is 4.28. The van der Waals surface area contributed by atoms with Gasteiger partial charge in [-0.3, -0.25) is 0 Å². The lowest BCUT2D eigenvalue weighted by atomic mass is 9.83. The fraction of sp³-hybridized carbons (Fsp3) is 0.600. The molecule has 2 atom stereocenters. The number of rotatable bonds is 5. The summed E-state index contributed by atoms with van der Waals surface area (Å²) in [5.74, 6) is -1.24. The second kappa shape index (κ2) is 6.32. The Morgan fingerprint density at radius 1 is 1.24 bits per heavy atom. The molecule has 0 aliphatic carbocycles. The van der Waals surface area contributed by atoms with Crippen LogP contribution in [0.2, 0.25) is 0 Å². The van der Waals surface area contributed by atoms with Gasteiger partial charge < -0.3 is 10.2 Å². The normalized spacial score (nSPS) is 16.9. The minimum Gasteiger partial charge on any atom is -0.311 e. The van der Waals surface area contributed by atoms with E-state index in [0.717, 1.165) is 18.6 Å². The molecule has 120 valence electrons. The first-order valence-electron chi connectivity index (χ1n) is 6.79. The molecule has 0 bridgehead atoms. The van der Waals surface area contributed by atoms with E-state index < -0.39 is 17.6 Å². The van der Waals surface area contributed by atoms with Gasteiger partial charge in [-0.25, -0.2) is 4.39 Å². The molecule has 0 aliphatic rings. The van der Waals surface area contributed by atoms with E-state index in [2.05, 4.69) is 5.32 Å². The highest BCUT2D eigenvalue weighted by Crippen LogP contribution is 2.36. The molecule has 1 N–H and O–H groups in total. The molecule has 6 heteroatoms. The van der Waals surface area contributed by atoms with E-state index >= 15 is 0 Å². The number of nitrogens with zero attached hydrogens (tertiary/aromatic N) is 1. The number of alkyl halides is 3. The van der Waals surface area contributed by atoms with Crippen LogP contribution >= 0.6 is 0 Å². The average molecular weight is 306 g/mol. The third-order valence-electron chi connectivity index (χ3n) is 4.28. The lowest BCUT2D eigenvalue weighted by Crippen LogP contribution is -2.50. The Labute approximate surface area is 123 Å². The largest absolute Gasteiger partial charge is 0.419 e. The summed E-state index contributed by atoms with van der Waals surface area (Å²) < 4.78 is 51.7. The standard InChI is InChI=1S/C15H22F4N2/c1-6-14(2,21(4)5)13(20-3)10-7-8-11(12(16)9-10)15(17,18)19/h7-9,13,20H,6H2,1-5H3. The maximum absolute atomic E-state index is 13.8. The number of halogens is 4. The molecule has 1 rings (SSSR count). The second-order valence-corrected chi connectivity index (χ2v) is 5.56. The van der Waals surface area contributed by atoms with Gasteiger partial charge in [0.15, 0.2) is 0 Å². The number of likely N-dealkylation sites (N-methyl/N-ethyl adjacent to an activating group) is 2. The number of hydrogen-bond acceptors (Lipinski definition) is 2. The molecule has 0 saturated heterocycles. The topological polar surface area (TPSA) is 15.3 Å². The van der Waals surface area contributed by atoms with Crippen LogP contribution < -0.4 is 5.32 Å². The van der Waals surface area contributed by atoms with Crippen LogP contribution in [0.25, 0.3) is 0 Å². The van der Waals surface area contributed by atoms with E-state index in [-0.39, 0.29) is 11.6 Å². The van der Waals surface area contributed by atoms with Crippen LogP contribution in [0.15, 0.2) is 18.2 Å². The molecule has 0 aromatic heterocycles. The zero-order valence-corrected chi connectivity index (χ0v) is 13.0. The summed E-state index contributed by atoms with van der Waals surface area (Å²) in [6.07, 6.45) is -3.92. The van der Waals surface area contributed by atoms with Gasteiger partial charge in [0.2, 0.25) is 0 Å². The highest BCUT2D eigenvalue weighted by atomic mass is 19.4. The van der Waals surface area contributed by atoms with Gasteiger partial charge >= 0.3 is 6.18 Å². The van der Waals surface area contributed by atoms with E-state index in [1.807, 2.05) is 32.8 Å². The van der Waals surface area contributed by atoms with Gasteiger partial charge in [0, 0.05) is 5.54 Å². The molecular weight excluding hydrogens is 284 g/mol. The summed E-state index contributed by atoms with van der Waals surface area (Å²) in [4.78, 5) is 1.99. The predicted molar refractivity (Wildman–Crippen MR) is 75.6 cm³/mol. The molecule has 21 heavy (non-hydrogen) atoms. The number of hydrogen-bond donors (Lipinski definition) is 1. The van der Waals surface area contributed by atoms with Crippen LogP contribution in [-0.2, 0) is 6.18 Å². The molecule has 2 unspecified atom stereocenters. The maximum Gasteiger partial charge on any atom is 0.419 e. The summed E-state index contributed by atoms with van der Waals surface area (Å²) in [6.45, 7) is 3.98. The Kier molecular flexibility index (Phi) is 5.39. The Morgan fingerprint density at radius 2 is 1.81 bits per heavy atom. The van der Waals surface area contributed by atoms with Crippen LogP contribution in [0.1, 0.15) is 37.4 Å². The highest BCUT2D eigenvalue weighted by Gasteiger charge is 2.37. The molecule has 0 spiro atoms. The minimum atomic E-state index is -4.67. The molecular formula is C15H22F4N2. The Balaban J connectivity index is 3.28. The van der Waals surface area contributed by atoms with Gasteiger partial charge in [0.25, 0.3) is 0 Å². The summed E-state index contributed by atoms with van der Waals surface area (Å²) >= 11 is 0. The van der Waals surface area contributed by atoms with Crippen LogP contribution in [0.4, 0.5) is 17.6 Å². The van der Waals surface area contributed by atoms with Gasteiger partial charge in [-0.1, -0.05) is 13.0 Å². The Bertz CT molecular complexity index is 485. The maximum atomic E-state index is 13.8. The van der Waals surface area contributed by atoms with Crippen LogP contribution in [0, 0.1) is 5.82 Å². The lowest BCUT2D eigenvalue weighted by molar-refractivity contribution is -0.140. The quantitative estimate of drug-likeness (QED) is 0.832. The molecule has 1 aromatic rings. The summed E-state index contributed by atoms with van der Waals surface area (Å²) in [6, 6.07) is 2.83. The van der Waals surface area contributed by atoms with Crippen molar-refractivity contribution >= 4 is 0 Å². The predicted octanol–water partition coefficient (Wildman–Crippen LogP) is 3.84. The third kappa shape index (κ3) is 3.55. The van der Waals surface area contributed by atoms with Crippen molar-refractivity contribution in [1.29, 1.82) is 0 Å². The van der Waals surface area contributed by atoms with E-state index in [1.54, 1.807) is 7.05 Å². The van der Waals surface area contributed by atoms with Crippen LogP contribution in [-0.4, -0.2) is 31.6 Å². The Morgan fingerprint density at radius 3 is 2.14 bits per heavy atom. The smallest absolute Gasteiger partial charge is 0.311 e. The summed E-state index contributed by atoms with van der Waals surface area (Å²) in [5.41, 5.74) is -1.08. The number of nitrogens with one attached hydrogen (secondary N) is 1. The zero-order chi connectivity index (χ0) is 16.4. The molecule has 0 saturated carbocycles. The van der Waals surface area contributed by atoms with Crippen molar-refractivity contribution in [3.63, 3.8) is 0 Å². The highest BCUT2D eigenvalue weighted by molar-refractivity contribution is 5.30. The van der Waals surface area contributed by atoms with Gasteiger partial charge in [0.05, 0.1) is 11.6 Å². The van der Waals surface area contributed by atoms with Gasteiger partial charge in [-0.15, -0.1) is 0 Å². The summed E-state index contributed by atoms with van der Waals surface area (Å²) in [7, 11) is 5.51. The fourth-order valence-corrected chi connectivity index (χ4v) is 2.56. The second-order valence-electron chi connectivity index (χ2n) is 5.56. The van der Waals surface area contributed by atoms with Crippen molar-refractivity contribution in [3.8, 4) is 0 Å². The van der Waals surface area contributed by atoms with Gasteiger partial charge in [-0.2, -0.15) is 13.2 Å². The van der Waals surface area contributed by atoms with E-state index in [9.17, 15) is 17.6 Å². The molecule has 2 nitrogen and oxygen atoms in total. The SMILES string of the molecule is CCC(C)(C(NC)c1ccc(C(F)(F)F)c(F)c1)N(C)C. The number of benzene rings is 1. The molecule has 0 fully saturated rings. The average Bonchev–Trinajstić information content (AvgIpc) is 2.37. The molecule has 1 aromatic carbocycles.